The van der Waals surface area contributed by atoms with Crippen LogP contribution in [0.4, 0.5) is 0 Å². The molecule has 0 N–H and O–H groups in total. The standard InChI is InChI=1S/C11H18O3/c1-5-6-9(7-10(12)14-4)11(13)8(2)3/h5,8-9H,1,6-7H2,2-4H3/t9-/m1/s1. The van der Waals surface area contributed by atoms with E-state index in [-0.39, 0.29) is 30.0 Å². The highest BCUT2D eigenvalue weighted by atomic mass is 16.5. The summed E-state index contributed by atoms with van der Waals surface area (Å²) < 4.78 is 4.53. The molecule has 3 heteroatoms. The maximum atomic E-state index is 11.6. The summed E-state index contributed by atoms with van der Waals surface area (Å²) >= 11 is 0. The smallest absolute Gasteiger partial charge is 0.306 e. The first kappa shape index (κ1) is 12.9. The third kappa shape index (κ3) is 4.21. The van der Waals surface area contributed by atoms with E-state index in [9.17, 15) is 9.59 Å². The Morgan fingerprint density at radius 1 is 1.43 bits per heavy atom. The second-order valence-corrected chi connectivity index (χ2v) is 3.56. The zero-order chi connectivity index (χ0) is 11.1. The molecule has 3 nitrogen and oxygen atoms in total. The van der Waals surface area contributed by atoms with Gasteiger partial charge in [0.2, 0.25) is 0 Å². The van der Waals surface area contributed by atoms with Crippen molar-refractivity contribution in [3.05, 3.63) is 12.7 Å². The Kier molecular flexibility index (Phi) is 5.84. The molecular formula is C11H18O3. The van der Waals surface area contributed by atoms with Crippen molar-refractivity contribution < 1.29 is 14.3 Å². The molecule has 0 aromatic rings. The van der Waals surface area contributed by atoms with Crippen LogP contribution in [-0.2, 0) is 14.3 Å². The molecule has 1 atom stereocenters. The van der Waals surface area contributed by atoms with Crippen LogP contribution in [0.25, 0.3) is 0 Å². The summed E-state index contributed by atoms with van der Waals surface area (Å²) in [7, 11) is 1.33. The second kappa shape index (κ2) is 6.35. The van der Waals surface area contributed by atoms with E-state index in [1.165, 1.54) is 7.11 Å². The first-order chi connectivity index (χ1) is 6.52. The molecule has 0 aromatic heterocycles. The molecule has 0 saturated heterocycles. The number of rotatable bonds is 6. The van der Waals surface area contributed by atoms with Gasteiger partial charge < -0.3 is 4.74 Å². The molecule has 0 aliphatic carbocycles. The predicted molar refractivity (Wildman–Crippen MR) is 54.8 cm³/mol. The fourth-order valence-corrected chi connectivity index (χ4v) is 1.26. The van der Waals surface area contributed by atoms with Crippen molar-refractivity contribution in [1.29, 1.82) is 0 Å². The molecule has 0 radical (unpaired) electrons. The van der Waals surface area contributed by atoms with Gasteiger partial charge in [-0.3, -0.25) is 9.59 Å². The summed E-state index contributed by atoms with van der Waals surface area (Å²) in [6.07, 6.45) is 2.35. The Bertz CT molecular complexity index is 219. The van der Waals surface area contributed by atoms with Gasteiger partial charge in [-0.05, 0) is 6.42 Å². The molecule has 0 rings (SSSR count). The van der Waals surface area contributed by atoms with Gasteiger partial charge in [-0.1, -0.05) is 19.9 Å². The van der Waals surface area contributed by atoms with Gasteiger partial charge in [-0.2, -0.15) is 0 Å². The SMILES string of the molecule is C=CC[C@H](CC(=O)OC)C(=O)C(C)C. The zero-order valence-corrected chi connectivity index (χ0v) is 9.08. The number of ketones is 1. The van der Waals surface area contributed by atoms with Crippen LogP contribution in [0.1, 0.15) is 26.7 Å². The summed E-state index contributed by atoms with van der Waals surface area (Å²) in [5.41, 5.74) is 0. The normalized spacial score (nSPS) is 12.3. The average Bonchev–Trinajstić information content (AvgIpc) is 2.15. The van der Waals surface area contributed by atoms with Gasteiger partial charge in [0, 0.05) is 11.8 Å². The van der Waals surface area contributed by atoms with Crippen LogP contribution in [0, 0.1) is 11.8 Å². The number of ether oxygens (including phenoxy) is 1. The second-order valence-electron chi connectivity index (χ2n) is 3.56. The molecule has 14 heavy (non-hydrogen) atoms. The number of carbonyl (C=O) groups is 2. The first-order valence-corrected chi connectivity index (χ1v) is 4.74. The van der Waals surface area contributed by atoms with Crippen molar-refractivity contribution in [3.8, 4) is 0 Å². The van der Waals surface area contributed by atoms with Crippen LogP contribution in [0.5, 0.6) is 0 Å². The van der Waals surface area contributed by atoms with E-state index in [1.54, 1.807) is 6.08 Å². The maximum absolute atomic E-state index is 11.6. The van der Waals surface area contributed by atoms with Crippen molar-refractivity contribution in [2.75, 3.05) is 7.11 Å². The van der Waals surface area contributed by atoms with Crippen LogP contribution in [0.2, 0.25) is 0 Å². The van der Waals surface area contributed by atoms with Crippen molar-refractivity contribution in [2.45, 2.75) is 26.7 Å². The van der Waals surface area contributed by atoms with E-state index >= 15 is 0 Å². The summed E-state index contributed by atoms with van der Waals surface area (Å²) in [5.74, 6) is -0.578. The van der Waals surface area contributed by atoms with Crippen molar-refractivity contribution in [2.24, 2.45) is 11.8 Å². The largest absolute Gasteiger partial charge is 0.469 e. The third-order valence-corrected chi connectivity index (χ3v) is 2.06. The summed E-state index contributed by atoms with van der Waals surface area (Å²) in [4.78, 5) is 22.6. The number of hydrogen-bond donors (Lipinski definition) is 0. The van der Waals surface area contributed by atoms with Crippen LogP contribution < -0.4 is 0 Å². The highest BCUT2D eigenvalue weighted by molar-refractivity contribution is 5.86. The van der Waals surface area contributed by atoms with Gasteiger partial charge in [-0.15, -0.1) is 6.58 Å². The van der Waals surface area contributed by atoms with Crippen molar-refractivity contribution in [3.63, 3.8) is 0 Å². The molecule has 0 aromatic carbocycles. The van der Waals surface area contributed by atoms with Crippen LogP contribution in [0.3, 0.4) is 0 Å². The zero-order valence-electron chi connectivity index (χ0n) is 9.08. The molecule has 0 aliphatic heterocycles. The minimum absolute atomic E-state index is 0.0513. The predicted octanol–water partition coefficient (Wildman–Crippen LogP) is 1.97. The van der Waals surface area contributed by atoms with Gasteiger partial charge in [0.05, 0.1) is 13.5 Å². The molecule has 0 spiro atoms. The number of hydrogen-bond acceptors (Lipinski definition) is 3. The summed E-state index contributed by atoms with van der Waals surface area (Å²) in [6, 6.07) is 0. The van der Waals surface area contributed by atoms with E-state index in [1.807, 2.05) is 13.8 Å². The monoisotopic (exact) mass is 198 g/mol. The van der Waals surface area contributed by atoms with Crippen LogP contribution in [0.15, 0.2) is 12.7 Å². The maximum Gasteiger partial charge on any atom is 0.306 e. The van der Waals surface area contributed by atoms with E-state index in [0.29, 0.717) is 6.42 Å². The fraction of sp³-hybridized carbons (Fsp3) is 0.636. The Labute approximate surface area is 85.1 Å². The van der Waals surface area contributed by atoms with E-state index < -0.39 is 0 Å². The molecule has 0 heterocycles. The summed E-state index contributed by atoms with van der Waals surface area (Å²) in [6.45, 7) is 7.23. The molecule has 0 unspecified atom stereocenters. The minimum atomic E-state index is -0.342. The van der Waals surface area contributed by atoms with Crippen molar-refractivity contribution in [1.82, 2.24) is 0 Å². The topological polar surface area (TPSA) is 43.4 Å². The molecule has 0 amide bonds. The Morgan fingerprint density at radius 3 is 2.36 bits per heavy atom. The lowest BCUT2D eigenvalue weighted by Crippen LogP contribution is -2.22. The third-order valence-electron chi connectivity index (χ3n) is 2.06. The number of carbonyl (C=O) groups excluding carboxylic acids is 2. The van der Waals surface area contributed by atoms with Gasteiger partial charge in [-0.25, -0.2) is 0 Å². The van der Waals surface area contributed by atoms with Crippen molar-refractivity contribution >= 4 is 11.8 Å². The van der Waals surface area contributed by atoms with Gasteiger partial charge in [0.25, 0.3) is 0 Å². The number of methoxy groups -OCH3 is 1. The Balaban J connectivity index is 4.35. The fourth-order valence-electron chi connectivity index (χ4n) is 1.26. The Hall–Kier alpha value is -1.12. The highest BCUT2D eigenvalue weighted by Crippen LogP contribution is 2.16. The molecular weight excluding hydrogens is 180 g/mol. The molecule has 80 valence electrons. The van der Waals surface area contributed by atoms with Crippen LogP contribution in [-0.4, -0.2) is 18.9 Å². The lowest BCUT2D eigenvalue weighted by molar-refractivity contribution is -0.144. The Morgan fingerprint density at radius 2 is 2.00 bits per heavy atom. The quantitative estimate of drug-likeness (QED) is 0.484. The highest BCUT2D eigenvalue weighted by Gasteiger charge is 2.22. The first-order valence-electron chi connectivity index (χ1n) is 4.74. The average molecular weight is 198 g/mol. The van der Waals surface area contributed by atoms with Gasteiger partial charge in [0.15, 0.2) is 0 Å². The van der Waals surface area contributed by atoms with E-state index in [2.05, 4.69) is 11.3 Å². The molecule has 0 bridgehead atoms. The number of allylic oxidation sites excluding steroid dienone is 1. The lowest BCUT2D eigenvalue weighted by Gasteiger charge is -2.14. The summed E-state index contributed by atoms with van der Waals surface area (Å²) in [5, 5.41) is 0. The minimum Gasteiger partial charge on any atom is -0.469 e. The van der Waals surface area contributed by atoms with E-state index in [4.69, 9.17) is 0 Å². The van der Waals surface area contributed by atoms with Crippen LogP contribution >= 0.6 is 0 Å². The number of Topliss-reactive ketones (excluding diaryl/α,β-unsaturated/α-hetero) is 1. The molecule has 0 saturated carbocycles. The number of esters is 1. The van der Waals surface area contributed by atoms with Gasteiger partial charge in [0.1, 0.15) is 5.78 Å². The lowest BCUT2D eigenvalue weighted by atomic mass is 9.90. The molecule has 0 aliphatic rings. The van der Waals surface area contributed by atoms with Gasteiger partial charge >= 0.3 is 5.97 Å². The molecule has 0 fully saturated rings. The van der Waals surface area contributed by atoms with E-state index in [0.717, 1.165) is 0 Å².